The van der Waals surface area contributed by atoms with E-state index in [1.807, 2.05) is 0 Å². The summed E-state index contributed by atoms with van der Waals surface area (Å²) < 4.78 is 5.37. The van der Waals surface area contributed by atoms with Crippen molar-refractivity contribution in [3.05, 3.63) is 12.2 Å². The molecule has 2 heteroatoms. The van der Waals surface area contributed by atoms with Gasteiger partial charge in [-0.15, -0.1) is 0 Å². The quantitative estimate of drug-likeness (QED) is 0.515. The van der Waals surface area contributed by atoms with Gasteiger partial charge in [-0.25, -0.2) is 0 Å². The summed E-state index contributed by atoms with van der Waals surface area (Å²) in [6.45, 7) is 6.78. The van der Waals surface area contributed by atoms with E-state index in [1.54, 1.807) is 0 Å². The Morgan fingerprint density at radius 1 is 1.33 bits per heavy atom. The lowest BCUT2D eigenvalue weighted by Crippen LogP contribution is -2.25. The van der Waals surface area contributed by atoms with Crippen LogP contribution < -0.4 is 0 Å². The van der Waals surface area contributed by atoms with Crippen molar-refractivity contribution in [3.8, 4) is 0 Å². The average molecular weight is 208 g/mol. The van der Waals surface area contributed by atoms with E-state index in [2.05, 4.69) is 32.9 Å². The minimum atomic E-state index is 0.0155. The standard InChI is InChI=1S/C13H20O2/c1-13(2,3)8-15-12(14)11-7-9-4-5-10(11)6-9/h4-5,9-11H,6-8H2,1-3H3. The number of hydrogen-bond acceptors (Lipinski definition) is 2. The second-order valence-corrected chi connectivity index (χ2v) is 6.06. The van der Waals surface area contributed by atoms with E-state index in [9.17, 15) is 4.79 Å². The number of hydrogen-bond donors (Lipinski definition) is 0. The Balaban J connectivity index is 1.85. The summed E-state index contributed by atoms with van der Waals surface area (Å²) in [5.74, 6) is 1.26. The van der Waals surface area contributed by atoms with Gasteiger partial charge in [0.15, 0.2) is 0 Å². The molecule has 2 bridgehead atoms. The van der Waals surface area contributed by atoms with Crippen LogP contribution in [0, 0.1) is 23.2 Å². The fraction of sp³-hybridized carbons (Fsp3) is 0.769. The molecule has 3 atom stereocenters. The van der Waals surface area contributed by atoms with Crippen molar-refractivity contribution in [1.29, 1.82) is 0 Å². The zero-order chi connectivity index (χ0) is 11.1. The van der Waals surface area contributed by atoms with Gasteiger partial charge in [-0.05, 0) is 30.1 Å². The highest BCUT2D eigenvalue weighted by Gasteiger charge is 2.40. The summed E-state index contributed by atoms with van der Waals surface area (Å²) in [5.41, 5.74) is 0.0725. The number of fused-ring (bicyclic) bond motifs is 2. The lowest BCUT2D eigenvalue weighted by Gasteiger charge is -2.21. The summed E-state index contributed by atoms with van der Waals surface area (Å²) in [6, 6.07) is 0. The molecule has 2 aliphatic carbocycles. The average Bonchev–Trinajstić information content (AvgIpc) is 2.73. The molecule has 1 saturated carbocycles. The molecule has 0 radical (unpaired) electrons. The lowest BCUT2D eigenvalue weighted by atomic mass is 9.93. The van der Waals surface area contributed by atoms with Gasteiger partial charge in [0, 0.05) is 0 Å². The smallest absolute Gasteiger partial charge is 0.309 e. The van der Waals surface area contributed by atoms with Crippen LogP contribution in [0.1, 0.15) is 33.6 Å². The summed E-state index contributed by atoms with van der Waals surface area (Å²) in [7, 11) is 0. The van der Waals surface area contributed by atoms with Gasteiger partial charge in [0.05, 0.1) is 12.5 Å². The van der Waals surface area contributed by atoms with Crippen molar-refractivity contribution in [1.82, 2.24) is 0 Å². The molecular formula is C13H20O2. The van der Waals surface area contributed by atoms with Crippen LogP contribution in [0.25, 0.3) is 0 Å². The fourth-order valence-corrected chi connectivity index (χ4v) is 2.45. The molecule has 1 fully saturated rings. The van der Waals surface area contributed by atoms with Crippen LogP contribution in [0.3, 0.4) is 0 Å². The van der Waals surface area contributed by atoms with Gasteiger partial charge in [0.2, 0.25) is 0 Å². The number of allylic oxidation sites excluding steroid dienone is 2. The maximum atomic E-state index is 11.8. The zero-order valence-corrected chi connectivity index (χ0v) is 9.82. The maximum Gasteiger partial charge on any atom is 0.309 e. The molecule has 0 aromatic heterocycles. The molecule has 0 spiro atoms. The summed E-state index contributed by atoms with van der Waals surface area (Å²) >= 11 is 0. The molecule has 2 aliphatic rings. The first-order valence-electron chi connectivity index (χ1n) is 5.81. The highest BCUT2D eigenvalue weighted by Crippen LogP contribution is 2.43. The highest BCUT2D eigenvalue weighted by molar-refractivity contribution is 5.74. The molecule has 0 amide bonds. The topological polar surface area (TPSA) is 26.3 Å². The largest absolute Gasteiger partial charge is 0.465 e. The predicted molar refractivity (Wildman–Crippen MR) is 59.3 cm³/mol. The van der Waals surface area contributed by atoms with Gasteiger partial charge < -0.3 is 4.74 Å². The maximum absolute atomic E-state index is 11.8. The van der Waals surface area contributed by atoms with Gasteiger partial charge in [0.1, 0.15) is 0 Å². The number of carbonyl (C=O) groups is 1. The van der Waals surface area contributed by atoms with E-state index < -0.39 is 0 Å². The zero-order valence-electron chi connectivity index (χ0n) is 9.82. The van der Waals surface area contributed by atoms with Crippen molar-refractivity contribution in [2.75, 3.05) is 6.61 Å². The third-order valence-corrected chi connectivity index (χ3v) is 3.23. The fourth-order valence-electron chi connectivity index (χ4n) is 2.45. The van der Waals surface area contributed by atoms with E-state index in [4.69, 9.17) is 4.74 Å². The van der Waals surface area contributed by atoms with E-state index >= 15 is 0 Å². The second kappa shape index (κ2) is 3.66. The van der Waals surface area contributed by atoms with Gasteiger partial charge in [0.25, 0.3) is 0 Å². The van der Waals surface area contributed by atoms with E-state index in [0.717, 1.165) is 12.8 Å². The van der Waals surface area contributed by atoms with Crippen LogP contribution >= 0.6 is 0 Å². The normalized spacial score (nSPS) is 33.4. The number of ether oxygens (including phenoxy) is 1. The summed E-state index contributed by atoms with van der Waals surface area (Å²) in [6.07, 6.45) is 6.61. The first kappa shape index (κ1) is 10.7. The number of rotatable bonds is 2. The molecule has 0 saturated heterocycles. The van der Waals surface area contributed by atoms with Crippen molar-refractivity contribution < 1.29 is 9.53 Å². The Kier molecular flexibility index (Phi) is 2.61. The summed E-state index contributed by atoms with van der Waals surface area (Å²) in [4.78, 5) is 11.8. The van der Waals surface area contributed by atoms with E-state index in [-0.39, 0.29) is 17.3 Å². The van der Waals surface area contributed by atoms with Gasteiger partial charge >= 0.3 is 5.97 Å². The molecular weight excluding hydrogens is 188 g/mol. The van der Waals surface area contributed by atoms with E-state index in [1.165, 1.54) is 0 Å². The van der Waals surface area contributed by atoms with Gasteiger partial charge in [-0.3, -0.25) is 4.79 Å². The Bertz CT molecular complexity index is 285. The first-order valence-corrected chi connectivity index (χ1v) is 5.81. The molecule has 3 unspecified atom stereocenters. The van der Waals surface area contributed by atoms with Crippen LogP contribution in [0.5, 0.6) is 0 Å². The van der Waals surface area contributed by atoms with Gasteiger partial charge in [-0.2, -0.15) is 0 Å². The van der Waals surface area contributed by atoms with Gasteiger partial charge in [-0.1, -0.05) is 32.9 Å². The van der Waals surface area contributed by atoms with Crippen molar-refractivity contribution in [2.24, 2.45) is 23.2 Å². The first-order chi connectivity index (χ1) is 6.96. The SMILES string of the molecule is CC(C)(C)COC(=O)C1CC2C=CC1C2. The predicted octanol–water partition coefficient (Wildman–Crippen LogP) is 2.79. The molecule has 0 aliphatic heterocycles. The molecule has 0 aromatic carbocycles. The minimum Gasteiger partial charge on any atom is -0.465 e. The van der Waals surface area contributed by atoms with E-state index in [0.29, 0.717) is 18.4 Å². The number of carbonyl (C=O) groups excluding carboxylic acids is 1. The van der Waals surface area contributed by atoms with Crippen LogP contribution in [-0.4, -0.2) is 12.6 Å². The molecule has 2 nitrogen and oxygen atoms in total. The summed E-state index contributed by atoms with van der Waals surface area (Å²) in [5, 5.41) is 0. The Hall–Kier alpha value is -0.790. The second-order valence-electron chi connectivity index (χ2n) is 6.06. The Morgan fingerprint density at radius 3 is 2.53 bits per heavy atom. The van der Waals surface area contributed by atoms with Crippen LogP contribution in [0.4, 0.5) is 0 Å². The van der Waals surface area contributed by atoms with Crippen LogP contribution in [0.15, 0.2) is 12.2 Å². The van der Waals surface area contributed by atoms with Crippen molar-refractivity contribution in [3.63, 3.8) is 0 Å². The van der Waals surface area contributed by atoms with Crippen LogP contribution in [0.2, 0.25) is 0 Å². The molecule has 0 aromatic rings. The van der Waals surface area contributed by atoms with Crippen molar-refractivity contribution in [2.45, 2.75) is 33.6 Å². The Morgan fingerprint density at radius 2 is 2.07 bits per heavy atom. The molecule has 84 valence electrons. The van der Waals surface area contributed by atoms with Crippen molar-refractivity contribution >= 4 is 5.97 Å². The Labute approximate surface area is 91.7 Å². The molecule has 2 rings (SSSR count). The lowest BCUT2D eigenvalue weighted by molar-refractivity contribution is -0.152. The third-order valence-electron chi connectivity index (χ3n) is 3.23. The third kappa shape index (κ3) is 2.42. The number of esters is 1. The molecule has 15 heavy (non-hydrogen) atoms. The molecule has 0 N–H and O–H groups in total. The highest BCUT2D eigenvalue weighted by atomic mass is 16.5. The van der Waals surface area contributed by atoms with Crippen LogP contribution in [-0.2, 0) is 9.53 Å². The monoisotopic (exact) mass is 208 g/mol. The molecule has 0 heterocycles. The minimum absolute atomic E-state index is 0.0155.